The van der Waals surface area contributed by atoms with Crippen LogP contribution in [0.5, 0.6) is 11.5 Å². The Morgan fingerprint density at radius 3 is 2.23 bits per heavy atom. The molecule has 2 aliphatic rings. The molecule has 0 saturated heterocycles. The summed E-state index contributed by atoms with van der Waals surface area (Å²) in [4.78, 5) is 44.0. The average molecular weight is 406 g/mol. The lowest BCUT2D eigenvalue weighted by molar-refractivity contribution is -0.121. The molecule has 2 aromatic rings. The van der Waals surface area contributed by atoms with Gasteiger partial charge in [0.05, 0.1) is 37.8 Å². The fourth-order valence-electron chi connectivity index (χ4n) is 3.96. The number of carbonyl (C=O) groups is 3. The molecule has 2 amide bonds. The highest BCUT2D eigenvalue weighted by molar-refractivity contribution is 6.24. The SMILES string of the molecule is COc1cc2c(cc1OC)C(CC(=O)[C@H](C)N1C(=O)c3ccccc3C1=O)=NCC2. The van der Waals surface area contributed by atoms with Crippen molar-refractivity contribution in [3.8, 4) is 11.5 Å². The molecule has 0 aliphatic carbocycles. The molecule has 0 saturated carbocycles. The van der Waals surface area contributed by atoms with Crippen LogP contribution in [0.3, 0.4) is 0 Å². The Hall–Kier alpha value is -3.48. The number of ether oxygens (including phenoxy) is 2. The van der Waals surface area contributed by atoms with Crippen LogP contribution in [0.1, 0.15) is 45.2 Å². The van der Waals surface area contributed by atoms with E-state index in [-0.39, 0.29) is 12.2 Å². The van der Waals surface area contributed by atoms with Crippen molar-refractivity contribution in [1.82, 2.24) is 4.90 Å². The molecule has 7 nitrogen and oxygen atoms in total. The number of amides is 2. The molecule has 4 rings (SSSR count). The molecule has 2 heterocycles. The summed E-state index contributed by atoms with van der Waals surface area (Å²) in [5.41, 5.74) is 3.16. The van der Waals surface area contributed by atoms with E-state index in [1.165, 1.54) is 0 Å². The predicted octanol–water partition coefficient (Wildman–Crippen LogP) is 2.69. The fourth-order valence-corrected chi connectivity index (χ4v) is 3.96. The molecule has 154 valence electrons. The highest BCUT2D eigenvalue weighted by Gasteiger charge is 2.40. The molecular formula is C23H22N2O5. The number of imide groups is 1. The van der Waals surface area contributed by atoms with E-state index in [0.29, 0.717) is 34.9 Å². The first-order chi connectivity index (χ1) is 14.5. The van der Waals surface area contributed by atoms with E-state index in [1.807, 2.05) is 12.1 Å². The molecule has 0 aromatic heterocycles. The van der Waals surface area contributed by atoms with E-state index in [2.05, 4.69) is 4.99 Å². The van der Waals surface area contributed by atoms with Gasteiger partial charge in [0.1, 0.15) is 0 Å². The van der Waals surface area contributed by atoms with Crippen molar-refractivity contribution >= 4 is 23.3 Å². The minimum atomic E-state index is -0.884. The Bertz CT molecular complexity index is 1050. The van der Waals surface area contributed by atoms with Crippen LogP contribution in [0.2, 0.25) is 0 Å². The Morgan fingerprint density at radius 1 is 1.03 bits per heavy atom. The monoisotopic (exact) mass is 406 g/mol. The number of hydrogen-bond donors (Lipinski definition) is 0. The van der Waals surface area contributed by atoms with Crippen LogP contribution in [-0.2, 0) is 11.2 Å². The second kappa shape index (κ2) is 7.74. The molecule has 0 spiro atoms. The lowest BCUT2D eigenvalue weighted by Gasteiger charge is -2.23. The van der Waals surface area contributed by atoms with Gasteiger partial charge in [0.25, 0.3) is 11.8 Å². The van der Waals surface area contributed by atoms with E-state index in [9.17, 15) is 14.4 Å². The summed E-state index contributed by atoms with van der Waals surface area (Å²) < 4.78 is 10.8. The summed E-state index contributed by atoms with van der Waals surface area (Å²) in [5, 5.41) is 0. The molecule has 0 bridgehead atoms. The Labute approximate surface area is 174 Å². The van der Waals surface area contributed by atoms with Crippen molar-refractivity contribution in [2.75, 3.05) is 20.8 Å². The first-order valence-corrected chi connectivity index (χ1v) is 9.74. The summed E-state index contributed by atoms with van der Waals surface area (Å²) in [5.74, 6) is 0.0727. The van der Waals surface area contributed by atoms with Gasteiger partial charge in [-0.25, -0.2) is 0 Å². The maximum atomic E-state index is 13.0. The van der Waals surface area contributed by atoms with Crippen LogP contribution >= 0.6 is 0 Å². The largest absolute Gasteiger partial charge is 0.493 e. The molecule has 30 heavy (non-hydrogen) atoms. The second-order valence-corrected chi connectivity index (χ2v) is 7.29. The normalized spacial score (nSPS) is 16.0. The Balaban J connectivity index is 1.58. The van der Waals surface area contributed by atoms with Crippen molar-refractivity contribution in [2.45, 2.75) is 25.8 Å². The van der Waals surface area contributed by atoms with E-state index < -0.39 is 17.9 Å². The maximum Gasteiger partial charge on any atom is 0.262 e. The first-order valence-electron chi connectivity index (χ1n) is 9.74. The lowest BCUT2D eigenvalue weighted by atomic mass is 9.92. The van der Waals surface area contributed by atoms with Gasteiger partial charge in [0.2, 0.25) is 0 Å². The third-order valence-corrected chi connectivity index (χ3v) is 5.62. The number of fused-ring (bicyclic) bond motifs is 2. The number of Topliss-reactive ketones (excluding diaryl/α,β-unsaturated/α-hetero) is 1. The highest BCUT2D eigenvalue weighted by atomic mass is 16.5. The van der Waals surface area contributed by atoms with Crippen molar-refractivity contribution < 1.29 is 23.9 Å². The van der Waals surface area contributed by atoms with Gasteiger partial charge in [-0.2, -0.15) is 0 Å². The summed E-state index contributed by atoms with van der Waals surface area (Å²) in [6, 6.07) is 9.46. The van der Waals surface area contributed by atoms with Gasteiger partial charge in [-0.15, -0.1) is 0 Å². The van der Waals surface area contributed by atoms with Crippen molar-refractivity contribution in [2.24, 2.45) is 4.99 Å². The summed E-state index contributed by atoms with van der Waals surface area (Å²) in [7, 11) is 3.13. The van der Waals surface area contributed by atoms with E-state index >= 15 is 0 Å². The van der Waals surface area contributed by atoms with Gasteiger partial charge in [-0.1, -0.05) is 12.1 Å². The Kier molecular flexibility index (Phi) is 5.11. The molecule has 0 fully saturated rings. The van der Waals surface area contributed by atoms with Crippen LogP contribution in [-0.4, -0.2) is 55.0 Å². The quantitative estimate of drug-likeness (QED) is 0.689. The zero-order valence-corrected chi connectivity index (χ0v) is 17.1. The van der Waals surface area contributed by atoms with Crippen LogP contribution in [0.25, 0.3) is 0 Å². The van der Waals surface area contributed by atoms with E-state index in [1.54, 1.807) is 45.4 Å². The van der Waals surface area contributed by atoms with Gasteiger partial charge in [-0.05, 0) is 43.2 Å². The lowest BCUT2D eigenvalue weighted by Crippen LogP contribution is -2.43. The number of benzene rings is 2. The third kappa shape index (κ3) is 3.16. The molecule has 2 aliphatic heterocycles. The molecular weight excluding hydrogens is 384 g/mol. The average Bonchev–Trinajstić information content (AvgIpc) is 3.02. The summed E-state index contributed by atoms with van der Waals surface area (Å²) in [6.07, 6.45) is 0.762. The van der Waals surface area contributed by atoms with Crippen LogP contribution in [0, 0.1) is 0 Å². The molecule has 2 aromatic carbocycles. The maximum absolute atomic E-state index is 13.0. The van der Waals surface area contributed by atoms with Gasteiger partial charge in [0.15, 0.2) is 17.3 Å². The number of nitrogens with zero attached hydrogens (tertiary/aromatic N) is 2. The van der Waals surface area contributed by atoms with Crippen molar-refractivity contribution in [1.29, 1.82) is 0 Å². The minimum absolute atomic E-state index is 0.0249. The number of carbonyl (C=O) groups excluding carboxylic acids is 3. The molecule has 7 heteroatoms. The van der Waals surface area contributed by atoms with Gasteiger partial charge in [0, 0.05) is 17.8 Å². The van der Waals surface area contributed by atoms with Crippen molar-refractivity contribution in [3.63, 3.8) is 0 Å². The molecule has 1 atom stereocenters. The van der Waals surface area contributed by atoms with Crippen LogP contribution in [0.15, 0.2) is 41.4 Å². The van der Waals surface area contributed by atoms with Gasteiger partial charge >= 0.3 is 0 Å². The van der Waals surface area contributed by atoms with Gasteiger partial charge in [-0.3, -0.25) is 24.3 Å². The van der Waals surface area contributed by atoms with E-state index in [0.717, 1.165) is 22.4 Å². The standard InChI is InChI=1S/C23H22N2O5/c1-13(25-22(27)15-6-4-5-7-16(15)23(25)28)19(26)12-18-17-11-21(30-3)20(29-2)10-14(17)8-9-24-18/h4-7,10-11,13H,8-9,12H2,1-3H3/t13-/m0/s1. The van der Waals surface area contributed by atoms with E-state index in [4.69, 9.17) is 9.47 Å². The van der Waals surface area contributed by atoms with Crippen LogP contribution in [0.4, 0.5) is 0 Å². The topological polar surface area (TPSA) is 85.3 Å². The zero-order valence-electron chi connectivity index (χ0n) is 17.1. The summed E-state index contributed by atoms with van der Waals surface area (Å²) >= 11 is 0. The van der Waals surface area contributed by atoms with Crippen molar-refractivity contribution in [3.05, 3.63) is 58.7 Å². The number of hydrogen-bond acceptors (Lipinski definition) is 6. The molecule has 0 unspecified atom stereocenters. The minimum Gasteiger partial charge on any atom is -0.493 e. The van der Waals surface area contributed by atoms with Gasteiger partial charge < -0.3 is 9.47 Å². The zero-order chi connectivity index (χ0) is 21.4. The predicted molar refractivity (Wildman–Crippen MR) is 111 cm³/mol. The summed E-state index contributed by atoms with van der Waals surface area (Å²) in [6.45, 7) is 2.15. The second-order valence-electron chi connectivity index (χ2n) is 7.29. The fraction of sp³-hybridized carbons (Fsp3) is 0.304. The molecule has 0 N–H and O–H groups in total. The number of ketones is 1. The van der Waals surface area contributed by atoms with Crippen LogP contribution < -0.4 is 9.47 Å². The molecule has 0 radical (unpaired) electrons. The first kappa shape index (κ1) is 19.8. The number of rotatable bonds is 6. The third-order valence-electron chi connectivity index (χ3n) is 5.62. The smallest absolute Gasteiger partial charge is 0.262 e. The Morgan fingerprint density at radius 2 is 1.63 bits per heavy atom. The number of methoxy groups -OCH3 is 2. The highest BCUT2D eigenvalue weighted by Crippen LogP contribution is 2.33. The number of aliphatic imine (C=N–C) groups is 1.